The van der Waals surface area contributed by atoms with Crippen LogP contribution >= 0.6 is 11.8 Å². The average molecular weight is 166 g/mol. The summed E-state index contributed by atoms with van der Waals surface area (Å²) in [4.78, 5) is 8.15. The number of hydrogen-bond donors (Lipinski definition) is 0. The molecule has 0 unspecified atom stereocenters. The van der Waals surface area contributed by atoms with Gasteiger partial charge in [-0.2, -0.15) is 4.98 Å². The van der Waals surface area contributed by atoms with Gasteiger partial charge in [0, 0.05) is 6.20 Å². The van der Waals surface area contributed by atoms with E-state index in [0.29, 0.717) is 10.9 Å². The third-order valence-corrected chi connectivity index (χ3v) is 1.84. The fourth-order valence-electron chi connectivity index (χ4n) is 0.837. The number of nitrogens with zero attached hydrogens (tertiary/aromatic N) is 2. The van der Waals surface area contributed by atoms with Gasteiger partial charge < -0.3 is 4.42 Å². The molecule has 0 spiro atoms. The Morgan fingerprint density at radius 2 is 2.45 bits per heavy atom. The van der Waals surface area contributed by atoms with Crippen molar-refractivity contribution in [3.63, 3.8) is 0 Å². The Morgan fingerprint density at radius 3 is 3.18 bits per heavy atom. The van der Waals surface area contributed by atoms with E-state index in [1.54, 1.807) is 6.20 Å². The molecular formula is C7H6N2OS. The predicted molar refractivity (Wildman–Crippen MR) is 43.6 cm³/mol. The number of aromatic nitrogens is 2. The van der Waals surface area contributed by atoms with Crippen molar-refractivity contribution in [3.05, 3.63) is 18.3 Å². The van der Waals surface area contributed by atoms with Gasteiger partial charge in [-0.3, -0.25) is 0 Å². The molecule has 0 aliphatic carbocycles. The van der Waals surface area contributed by atoms with Crippen molar-refractivity contribution >= 4 is 23.0 Å². The van der Waals surface area contributed by atoms with E-state index in [-0.39, 0.29) is 0 Å². The van der Waals surface area contributed by atoms with E-state index < -0.39 is 0 Å². The van der Waals surface area contributed by atoms with Gasteiger partial charge in [0.2, 0.25) is 0 Å². The molecule has 0 saturated carbocycles. The highest BCUT2D eigenvalue weighted by Gasteiger charge is 2.02. The summed E-state index contributed by atoms with van der Waals surface area (Å²) in [5.74, 6) is 0. The molecule has 0 fully saturated rings. The lowest BCUT2D eigenvalue weighted by Crippen LogP contribution is -1.72. The fourth-order valence-corrected chi connectivity index (χ4v) is 1.19. The summed E-state index contributed by atoms with van der Waals surface area (Å²) in [5, 5.41) is 0.665. The molecule has 3 nitrogen and oxygen atoms in total. The maximum atomic E-state index is 5.31. The summed E-state index contributed by atoms with van der Waals surface area (Å²) >= 11 is 1.48. The Balaban J connectivity index is 2.69. The maximum absolute atomic E-state index is 5.31. The lowest BCUT2D eigenvalue weighted by Gasteiger charge is -1.80. The highest BCUT2D eigenvalue weighted by atomic mass is 32.2. The molecule has 0 aliphatic heterocycles. The number of thioether (sulfide) groups is 1. The van der Waals surface area contributed by atoms with Gasteiger partial charge in [0.05, 0.1) is 0 Å². The summed E-state index contributed by atoms with van der Waals surface area (Å²) in [6.07, 6.45) is 3.62. The van der Waals surface area contributed by atoms with Gasteiger partial charge in [-0.05, 0) is 18.4 Å². The average Bonchev–Trinajstić information content (AvgIpc) is 2.46. The first-order valence-corrected chi connectivity index (χ1v) is 4.38. The normalized spacial score (nSPS) is 10.6. The molecule has 4 heteroatoms. The van der Waals surface area contributed by atoms with Crippen molar-refractivity contribution in [3.8, 4) is 0 Å². The quantitative estimate of drug-likeness (QED) is 0.607. The van der Waals surface area contributed by atoms with Gasteiger partial charge >= 0.3 is 0 Å². The van der Waals surface area contributed by atoms with Crippen LogP contribution in [-0.4, -0.2) is 16.2 Å². The minimum Gasteiger partial charge on any atom is -0.430 e. The van der Waals surface area contributed by atoms with Crippen LogP contribution in [0.15, 0.2) is 28.0 Å². The monoisotopic (exact) mass is 166 g/mol. The lowest BCUT2D eigenvalue weighted by atomic mass is 10.5. The van der Waals surface area contributed by atoms with Gasteiger partial charge in [-0.15, -0.1) is 0 Å². The number of hydrogen-bond acceptors (Lipinski definition) is 4. The summed E-state index contributed by atoms with van der Waals surface area (Å²) in [6.45, 7) is 0. The largest absolute Gasteiger partial charge is 0.430 e. The van der Waals surface area contributed by atoms with Crippen molar-refractivity contribution in [2.75, 3.05) is 6.26 Å². The topological polar surface area (TPSA) is 38.9 Å². The molecular weight excluding hydrogens is 160 g/mol. The predicted octanol–water partition coefficient (Wildman–Crippen LogP) is 1.94. The van der Waals surface area contributed by atoms with Crippen LogP contribution in [-0.2, 0) is 0 Å². The zero-order valence-corrected chi connectivity index (χ0v) is 6.76. The molecule has 0 aliphatic rings. The molecule has 56 valence electrons. The van der Waals surface area contributed by atoms with Crippen molar-refractivity contribution < 1.29 is 4.42 Å². The minimum atomic E-state index is 0.665. The third-order valence-electron chi connectivity index (χ3n) is 1.32. The van der Waals surface area contributed by atoms with E-state index in [0.717, 1.165) is 5.58 Å². The Labute approximate surface area is 67.8 Å². The molecule has 2 heterocycles. The van der Waals surface area contributed by atoms with E-state index in [9.17, 15) is 0 Å². The SMILES string of the molecule is CSc1nc2ncccc2o1. The van der Waals surface area contributed by atoms with Gasteiger partial charge in [0.1, 0.15) is 0 Å². The van der Waals surface area contributed by atoms with Crippen LogP contribution in [0.4, 0.5) is 0 Å². The van der Waals surface area contributed by atoms with Crippen LogP contribution < -0.4 is 0 Å². The standard InChI is InChI=1S/C7H6N2OS/c1-11-7-9-6-5(10-7)3-2-4-8-6/h2-4H,1H3. The molecule has 0 bridgehead atoms. The maximum Gasteiger partial charge on any atom is 0.258 e. The molecule has 2 aromatic rings. The van der Waals surface area contributed by atoms with Gasteiger partial charge in [-0.25, -0.2) is 4.98 Å². The van der Waals surface area contributed by atoms with Crippen LogP contribution in [0, 0.1) is 0 Å². The number of pyridine rings is 1. The number of rotatable bonds is 1. The van der Waals surface area contributed by atoms with Crippen molar-refractivity contribution in [2.45, 2.75) is 5.22 Å². The van der Waals surface area contributed by atoms with E-state index in [4.69, 9.17) is 4.42 Å². The molecule has 0 aromatic carbocycles. The Morgan fingerprint density at radius 1 is 1.55 bits per heavy atom. The van der Waals surface area contributed by atoms with Crippen molar-refractivity contribution in [2.24, 2.45) is 0 Å². The van der Waals surface area contributed by atoms with E-state index in [2.05, 4.69) is 9.97 Å². The second-order valence-electron chi connectivity index (χ2n) is 2.01. The van der Waals surface area contributed by atoms with Crippen LogP contribution in [0.2, 0.25) is 0 Å². The first-order valence-electron chi connectivity index (χ1n) is 3.15. The van der Waals surface area contributed by atoms with Crippen molar-refractivity contribution in [1.82, 2.24) is 9.97 Å². The molecule has 0 amide bonds. The fraction of sp³-hybridized carbons (Fsp3) is 0.143. The summed E-state index contributed by atoms with van der Waals surface area (Å²) in [6, 6.07) is 3.69. The Kier molecular flexibility index (Phi) is 1.54. The first-order chi connectivity index (χ1) is 5.40. The summed E-state index contributed by atoms with van der Waals surface area (Å²) in [7, 11) is 0. The van der Waals surface area contributed by atoms with Crippen LogP contribution in [0.25, 0.3) is 11.2 Å². The molecule has 0 radical (unpaired) electrons. The van der Waals surface area contributed by atoms with Gasteiger partial charge in [-0.1, -0.05) is 11.8 Å². The molecule has 0 saturated heterocycles. The second kappa shape index (κ2) is 2.54. The summed E-state index contributed by atoms with van der Waals surface area (Å²) in [5.41, 5.74) is 1.42. The van der Waals surface area contributed by atoms with Crippen LogP contribution in [0.3, 0.4) is 0 Å². The number of fused-ring (bicyclic) bond motifs is 1. The van der Waals surface area contributed by atoms with Crippen molar-refractivity contribution in [1.29, 1.82) is 0 Å². The van der Waals surface area contributed by atoms with Crippen LogP contribution in [0.1, 0.15) is 0 Å². The highest BCUT2D eigenvalue weighted by molar-refractivity contribution is 7.98. The highest BCUT2D eigenvalue weighted by Crippen LogP contribution is 2.18. The molecule has 2 rings (SSSR count). The third kappa shape index (κ3) is 1.09. The lowest BCUT2D eigenvalue weighted by molar-refractivity contribution is 0.490. The Bertz CT molecular complexity index is 338. The summed E-state index contributed by atoms with van der Waals surface area (Å²) < 4.78 is 5.31. The molecule has 2 aromatic heterocycles. The van der Waals surface area contributed by atoms with Crippen LogP contribution in [0.5, 0.6) is 0 Å². The molecule has 0 N–H and O–H groups in total. The molecule has 0 atom stereocenters. The zero-order valence-electron chi connectivity index (χ0n) is 5.94. The first kappa shape index (κ1) is 6.67. The smallest absolute Gasteiger partial charge is 0.258 e. The zero-order chi connectivity index (χ0) is 7.68. The minimum absolute atomic E-state index is 0.665. The molecule has 11 heavy (non-hydrogen) atoms. The Hall–Kier alpha value is -1.03. The van der Waals surface area contributed by atoms with Gasteiger partial charge in [0.25, 0.3) is 5.22 Å². The second-order valence-corrected chi connectivity index (χ2v) is 2.77. The number of oxazole rings is 1. The van der Waals surface area contributed by atoms with E-state index in [1.807, 2.05) is 18.4 Å². The van der Waals surface area contributed by atoms with E-state index in [1.165, 1.54) is 11.8 Å². The van der Waals surface area contributed by atoms with E-state index >= 15 is 0 Å². The van der Waals surface area contributed by atoms with Gasteiger partial charge in [0.15, 0.2) is 11.2 Å².